The summed E-state index contributed by atoms with van der Waals surface area (Å²) < 4.78 is 0. The molecule has 0 aliphatic rings. The Morgan fingerprint density at radius 1 is 0.706 bits per heavy atom. The van der Waals surface area contributed by atoms with Gasteiger partial charge in [-0.25, -0.2) is 0 Å². The monoisotopic (exact) mass is 496 g/mol. The van der Waals surface area contributed by atoms with E-state index in [1.165, 1.54) is 57.8 Å². The van der Waals surface area contributed by atoms with Crippen molar-refractivity contribution in [2.75, 3.05) is 20.7 Å². The summed E-state index contributed by atoms with van der Waals surface area (Å²) in [7, 11) is 3.69. The van der Waals surface area contributed by atoms with Crippen molar-refractivity contribution >= 4 is 0 Å². The molecule has 216 valence electrons. The van der Waals surface area contributed by atoms with E-state index in [2.05, 4.69) is 91.7 Å². The zero-order chi connectivity index (χ0) is 28.5. The minimum Gasteiger partial charge on any atom is -0.330 e. The smallest absolute Gasteiger partial charge is 0.0572 e. The molecule has 8 N–H and O–H groups in total. The first-order valence-electron chi connectivity index (χ1n) is 14.0. The molecule has 0 radical (unpaired) electrons. The van der Waals surface area contributed by atoms with Crippen LogP contribution in [0, 0.1) is 5.41 Å². The molecule has 6 nitrogen and oxygen atoms in total. The molecule has 0 bridgehead atoms. The van der Waals surface area contributed by atoms with Gasteiger partial charge in [-0.1, -0.05) is 114 Å². The number of unbranched alkanes of at least 4 members (excludes halogenated alkanes) is 5. The molecule has 0 saturated heterocycles. The van der Waals surface area contributed by atoms with E-state index >= 15 is 0 Å². The lowest BCUT2D eigenvalue weighted by Gasteiger charge is -2.33. The van der Waals surface area contributed by atoms with Crippen molar-refractivity contribution in [1.82, 2.24) is 10.8 Å². The third-order valence-corrected chi connectivity index (χ3v) is 4.42. The molecule has 0 aromatic rings. The van der Waals surface area contributed by atoms with Gasteiger partial charge in [0, 0.05) is 11.6 Å². The molecule has 0 aromatic heterocycles. The molecule has 0 fully saturated rings. The van der Waals surface area contributed by atoms with Crippen LogP contribution in [0.25, 0.3) is 0 Å². The van der Waals surface area contributed by atoms with Crippen LogP contribution in [0.2, 0.25) is 0 Å². The average Bonchev–Trinajstić information content (AvgIpc) is 2.80. The Labute approximate surface area is 218 Å². The maximum Gasteiger partial charge on any atom is 0.0572 e. The minimum absolute atomic E-state index is 0.00762. The van der Waals surface area contributed by atoms with E-state index in [1.54, 1.807) is 7.11 Å². The summed E-state index contributed by atoms with van der Waals surface area (Å²) in [6.45, 7) is 26.9. The maximum atomic E-state index is 5.14. The number of rotatable bonds is 12. The van der Waals surface area contributed by atoms with Crippen molar-refractivity contribution in [2.45, 2.75) is 159 Å². The number of nitrogens with one attached hydrogen (secondary N) is 2. The fourth-order valence-electron chi connectivity index (χ4n) is 2.65. The SMILES string of the molecule is CC.CCCC.CCCCCC.CCCCN.CNC(CC(C)(C)C)CC(C)(C)NOC.NN. The Balaban J connectivity index is -0.0000000851. The van der Waals surface area contributed by atoms with Crippen LogP contribution in [-0.2, 0) is 4.84 Å². The van der Waals surface area contributed by atoms with Crippen LogP contribution in [0.3, 0.4) is 0 Å². The van der Waals surface area contributed by atoms with Crippen LogP contribution in [0.1, 0.15) is 147 Å². The van der Waals surface area contributed by atoms with Crippen molar-refractivity contribution in [3.8, 4) is 0 Å². The molecular formula is C28H73N5O. The van der Waals surface area contributed by atoms with E-state index in [4.69, 9.17) is 10.6 Å². The molecule has 0 saturated carbocycles. The second-order valence-corrected chi connectivity index (χ2v) is 9.99. The number of hydrazine groups is 1. The average molecular weight is 496 g/mol. The highest BCUT2D eigenvalue weighted by atomic mass is 16.6. The van der Waals surface area contributed by atoms with Gasteiger partial charge in [0.25, 0.3) is 0 Å². The third-order valence-electron chi connectivity index (χ3n) is 4.42. The van der Waals surface area contributed by atoms with Gasteiger partial charge in [0.2, 0.25) is 0 Å². The zero-order valence-electron chi connectivity index (χ0n) is 26.5. The fraction of sp³-hybridized carbons (Fsp3) is 1.00. The zero-order valence-corrected chi connectivity index (χ0v) is 26.5. The standard InChI is InChI=1S/C12H28N2O.C6H14.C4H11N.C4H10.C2H6.H4N2/c1-11(2,3)8-10(13-6)9-12(4,5)14-15-7;1-3-5-6-4-2;1-2-3-4-5;1-3-4-2;2*1-2/h10,13-14H,8-9H2,1-7H3;3-6H2,1-2H3;2-5H2,1H3;3-4H2,1-2H3;1-2H3;1-2H2. The Morgan fingerprint density at radius 2 is 1.09 bits per heavy atom. The summed E-state index contributed by atoms with van der Waals surface area (Å²) in [5.41, 5.74) is 8.54. The van der Waals surface area contributed by atoms with Crippen molar-refractivity contribution in [2.24, 2.45) is 22.8 Å². The van der Waals surface area contributed by atoms with E-state index in [0.717, 1.165) is 13.0 Å². The lowest BCUT2D eigenvalue weighted by Crippen LogP contribution is -2.45. The normalized spacial score (nSPS) is 10.9. The van der Waals surface area contributed by atoms with Crippen molar-refractivity contribution in [3.63, 3.8) is 0 Å². The molecule has 34 heavy (non-hydrogen) atoms. The van der Waals surface area contributed by atoms with E-state index in [0.29, 0.717) is 11.5 Å². The number of hydrogen-bond acceptors (Lipinski definition) is 6. The van der Waals surface area contributed by atoms with Crippen LogP contribution >= 0.6 is 0 Å². The van der Waals surface area contributed by atoms with Crippen molar-refractivity contribution in [3.05, 3.63) is 0 Å². The lowest BCUT2D eigenvalue weighted by atomic mass is 9.83. The van der Waals surface area contributed by atoms with Crippen LogP contribution < -0.4 is 28.2 Å². The van der Waals surface area contributed by atoms with Crippen molar-refractivity contribution < 1.29 is 4.84 Å². The second kappa shape index (κ2) is 40.0. The molecule has 0 aromatic carbocycles. The van der Waals surface area contributed by atoms with Crippen molar-refractivity contribution in [1.29, 1.82) is 0 Å². The Bertz CT molecular complexity index is 287. The molecule has 1 atom stereocenters. The van der Waals surface area contributed by atoms with Gasteiger partial charge in [0.1, 0.15) is 0 Å². The molecule has 0 amide bonds. The Kier molecular flexibility index (Phi) is 55.2. The first-order valence-corrected chi connectivity index (χ1v) is 14.0. The maximum absolute atomic E-state index is 5.14. The molecule has 0 aliphatic carbocycles. The number of nitrogens with two attached hydrogens (primary N) is 3. The van der Waals surface area contributed by atoms with Gasteiger partial charge < -0.3 is 15.9 Å². The summed E-state index contributed by atoms with van der Waals surface area (Å²) in [6, 6.07) is 0.516. The van der Waals surface area contributed by atoms with Gasteiger partial charge in [-0.05, 0) is 52.1 Å². The van der Waals surface area contributed by atoms with Gasteiger partial charge >= 0.3 is 0 Å². The molecular weight excluding hydrogens is 422 g/mol. The minimum atomic E-state index is 0.00762. The molecule has 1 unspecified atom stereocenters. The summed E-state index contributed by atoms with van der Waals surface area (Å²) in [4.78, 5) is 5.00. The van der Waals surface area contributed by atoms with E-state index in [1.807, 2.05) is 20.9 Å². The van der Waals surface area contributed by atoms with Crippen LogP contribution in [0.15, 0.2) is 0 Å². The van der Waals surface area contributed by atoms with Gasteiger partial charge in [-0.2, -0.15) is 5.48 Å². The highest BCUT2D eigenvalue weighted by Crippen LogP contribution is 2.24. The molecule has 0 spiro atoms. The second-order valence-electron chi connectivity index (χ2n) is 9.99. The largest absolute Gasteiger partial charge is 0.330 e. The third kappa shape index (κ3) is 63.5. The van der Waals surface area contributed by atoms with Gasteiger partial charge in [0.05, 0.1) is 7.11 Å². The highest BCUT2D eigenvalue weighted by Gasteiger charge is 2.25. The van der Waals surface area contributed by atoms with Crippen LogP contribution in [0.4, 0.5) is 0 Å². The number of hydroxylamine groups is 1. The summed E-state index contributed by atoms with van der Waals surface area (Å²) in [5.74, 6) is 8.00. The Morgan fingerprint density at radius 3 is 1.26 bits per heavy atom. The quantitative estimate of drug-likeness (QED) is 0.110. The van der Waals surface area contributed by atoms with Gasteiger partial charge in [-0.3, -0.25) is 11.7 Å². The molecule has 0 rings (SSSR count). The highest BCUT2D eigenvalue weighted by molar-refractivity contribution is 4.83. The van der Waals surface area contributed by atoms with E-state index in [-0.39, 0.29) is 5.54 Å². The summed E-state index contributed by atoms with van der Waals surface area (Å²) >= 11 is 0. The van der Waals surface area contributed by atoms with Gasteiger partial charge in [-0.15, -0.1) is 0 Å². The van der Waals surface area contributed by atoms with E-state index < -0.39 is 0 Å². The van der Waals surface area contributed by atoms with Gasteiger partial charge in [0.15, 0.2) is 0 Å². The van der Waals surface area contributed by atoms with Crippen LogP contribution in [-0.4, -0.2) is 32.3 Å². The predicted octanol–water partition coefficient (Wildman–Crippen LogP) is 7.31. The topological polar surface area (TPSA) is 111 Å². The predicted molar refractivity (Wildman–Crippen MR) is 160 cm³/mol. The molecule has 0 heterocycles. The lowest BCUT2D eigenvalue weighted by molar-refractivity contribution is 0.0180. The molecule has 0 aliphatic heterocycles. The summed E-state index contributed by atoms with van der Waals surface area (Å²) in [5, 5.41) is 3.38. The van der Waals surface area contributed by atoms with E-state index in [9.17, 15) is 0 Å². The Hall–Kier alpha value is -0.240. The number of hydrogen-bond donors (Lipinski definition) is 5. The van der Waals surface area contributed by atoms with Crippen LogP contribution in [0.5, 0.6) is 0 Å². The fourth-order valence-corrected chi connectivity index (χ4v) is 2.65. The first kappa shape index (κ1) is 47.0. The first-order chi connectivity index (χ1) is 15.9. The molecule has 6 heteroatoms. The summed E-state index contributed by atoms with van der Waals surface area (Å²) in [6.07, 6.45) is 12.8.